The molecule has 0 fully saturated rings. The predicted octanol–water partition coefficient (Wildman–Crippen LogP) is 7.61. The van der Waals surface area contributed by atoms with Gasteiger partial charge in [-0.15, -0.1) is 0 Å². The first-order valence-electron chi connectivity index (χ1n) is 11.4. The van der Waals surface area contributed by atoms with E-state index < -0.39 is 0 Å². The summed E-state index contributed by atoms with van der Waals surface area (Å²) in [6, 6.07) is 8.51. The van der Waals surface area contributed by atoms with Gasteiger partial charge in [-0.1, -0.05) is 103 Å². The van der Waals surface area contributed by atoms with E-state index in [0.717, 1.165) is 18.7 Å². The van der Waals surface area contributed by atoms with Crippen molar-refractivity contribution in [3.63, 3.8) is 0 Å². The summed E-state index contributed by atoms with van der Waals surface area (Å²) in [4.78, 5) is 5.56. The highest BCUT2D eigenvalue weighted by Crippen LogP contribution is 2.16. The average Bonchev–Trinajstić information content (AvgIpc) is 2.66. The number of rotatable bonds is 18. The minimum Gasteiger partial charge on any atom is -0.409 e. The number of unbranched alkanes of at least 4 members (excludes halogenated alkanes) is 12. The molecule has 2 nitrogen and oxygen atoms in total. The Morgan fingerprint density at radius 3 is 1.85 bits per heavy atom. The lowest BCUT2D eigenvalue weighted by Gasteiger charge is -2.08. The van der Waals surface area contributed by atoms with E-state index in [2.05, 4.69) is 37.5 Å². The second-order valence-corrected chi connectivity index (χ2v) is 7.64. The molecule has 1 rings (SSSR count). The van der Waals surface area contributed by atoms with Crippen LogP contribution in [0.5, 0.6) is 5.75 Å². The van der Waals surface area contributed by atoms with Crippen LogP contribution in [0.2, 0.25) is 0 Å². The normalized spacial score (nSPS) is 11.0. The summed E-state index contributed by atoms with van der Waals surface area (Å²) in [5, 5.41) is 0. The zero-order chi connectivity index (χ0) is 18.7. The molecule has 0 amide bonds. The molecule has 0 saturated carbocycles. The van der Waals surface area contributed by atoms with Crippen LogP contribution in [0.4, 0.5) is 0 Å². The van der Waals surface area contributed by atoms with Gasteiger partial charge in [-0.3, -0.25) is 0 Å². The molecule has 0 saturated heterocycles. The van der Waals surface area contributed by atoms with Gasteiger partial charge in [0.1, 0.15) is 5.75 Å². The fraction of sp³-hybridized carbons (Fsp3) is 0.750. The Morgan fingerprint density at radius 1 is 0.692 bits per heavy atom. The van der Waals surface area contributed by atoms with Gasteiger partial charge >= 0.3 is 0 Å². The number of hydrogen-bond donors (Lipinski definition) is 1. The van der Waals surface area contributed by atoms with Crippen molar-refractivity contribution >= 4 is 0 Å². The minimum absolute atomic E-state index is 0.892. The smallest absolute Gasteiger partial charge is 0.147 e. The molecule has 0 bridgehead atoms. The monoisotopic (exact) mass is 361 g/mol. The summed E-state index contributed by atoms with van der Waals surface area (Å²) >= 11 is 0. The van der Waals surface area contributed by atoms with Gasteiger partial charge in [0.05, 0.1) is 0 Å². The highest BCUT2D eigenvalue weighted by atomic mass is 16.6. The fourth-order valence-corrected chi connectivity index (χ4v) is 3.35. The zero-order valence-corrected chi connectivity index (χ0v) is 17.5. The Bertz CT molecular complexity index is 418. The van der Waals surface area contributed by atoms with E-state index in [9.17, 15) is 0 Å². The molecule has 2 heteroatoms. The average molecular weight is 362 g/mol. The Kier molecular flexibility index (Phi) is 15.4. The van der Waals surface area contributed by atoms with Crippen molar-refractivity contribution in [1.82, 2.24) is 5.48 Å². The van der Waals surface area contributed by atoms with Crippen molar-refractivity contribution < 1.29 is 4.84 Å². The van der Waals surface area contributed by atoms with E-state index in [1.807, 2.05) is 6.07 Å². The maximum absolute atomic E-state index is 5.56. The van der Waals surface area contributed by atoms with Crippen molar-refractivity contribution in [2.24, 2.45) is 0 Å². The lowest BCUT2D eigenvalue weighted by molar-refractivity contribution is 0.196. The molecule has 1 aromatic rings. The third-order valence-electron chi connectivity index (χ3n) is 5.01. The molecule has 0 unspecified atom stereocenters. The topological polar surface area (TPSA) is 21.3 Å². The maximum atomic E-state index is 5.56. The Morgan fingerprint density at radius 2 is 1.27 bits per heavy atom. The molecule has 0 aliphatic heterocycles. The maximum Gasteiger partial charge on any atom is 0.147 e. The van der Waals surface area contributed by atoms with E-state index in [1.54, 1.807) is 0 Å². The van der Waals surface area contributed by atoms with E-state index in [4.69, 9.17) is 4.84 Å². The second kappa shape index (κ2) is 17.4. The van der Waals surface area contributed by atoms with Crippen LogP contribution in [-0.4, -0.2) is 6.54 Å². The van der Waals surface area contributed by atoms with E-state index in [-0.39, 0.29) is 0 Å². The fourth-order valence-electron chi connectivity index (χ4n) is 3.35. The van der Waals surface area contributed by atoms with Crippen LogP contribution < -0.4 is 10.3 Å². The summed E-state index contributed by atoms with van der Waals surface area (Å²) in [5.74, 6) is 0.936. The summed E-state index contributed by atoms with van der Waals surface area (Å²) in [7, 11) is 0. The van der Waals surface area contributed by atoms with Crippen LogP contribution in [0.1, 0.15) is 109 Å². The predicted molar refractivity (Wildman–Crippen MR) is 115 cm³/mol. The number of nitrogens with one attached hydrogen (secondary N) is 1. The largest absolute Gasteiger partial charge is 0.409 e. The molecule has 1 N–H and O–H groups in total. The molecule has 26 heavy (non-hydrogen) atoms. The lowest BCUT2D eigenvalue weighted by atomic mass is 10.0. The first-order valence-corrected chi connectivity index (χ1v) is 11.4. The second-order valence-electron chi connectivity index (χ2n) is 7.64. The van der Waals surface area contributed by atoms with Gasteiger partial charge in [0.25, 0.3) is 0 Å². The van der Waals surface area contributed by atoms with Crippen molar-refractivity contribution in [2.75, 3.05) is 6.54 Å². The number of aryl methyl sites for hydroxylation is 1. The molecule has 0 radical (unpaired) electrons. The first kappa shape index (κ1) is 23.0. The minimum atomic E-state index is 0.892. The molecule has 0 aliphatic rings. The van der Waals surface area contributed by atoms with Gasteiger partial charge in [-0.2, -0.15) is 5.48 Å². The number of hydrogen-bond acceptors (Lipinski definition) is 2. The Balaban J connectivity index is 1.92. The van der Waals surface area contributed by atoms with Crippen molar-refractivity contribution in [1.29, 1.82) is 0 Å². The van der Waals surface area contributed by atoms with Gasteiger partial charge in [-0.05, 0) is 37.0 Å². The molecule has 0 atom stereocenters. The van der Waals surface area contributed by atoms with Crippen LogP contribution in [0.3, 0.4) is 0 Å². The quantitative estimate of drug-likeness (QED) is 0.214. The summed E-state index contributed by atoms with van der Waals surface area (Å²) in [5.41, 5.74) is 4.39. The van der Waals surface area contributed by atoms with Crippen molar-refractivity contribution in [3.05, 3.63) is 29.8 Å². The standard InChI is InChI=1S/C24H43NO/c1-3-5-6-7-8-9-10-11-12-13-14-15-16-18-23-19-17-20-24(22-23)26-25-21-4-2/h17,19-20,22,25H,3-16,18,21H2,1-2H3. The summed E-state index contributed by atoms with van der Waals surface area (Å²) in [6.07, 6.45) is 20.6. The van der Waals surface area contributed by atoms with Crippen LogP contribution >= 0.6 is 0 Å². The van der Waals surface area contributed by atoms with E-state index in [1.165, 1.54) is 95.5 Å². The zero-order valence-electron chi connectivity index (χ0n) is 17.5. The summed E-state index contributed by atoms with van der Waals surface area (Å²) in [6.45, 7) is 5.32. The molecule has 0 aromatic heterocycles. The molecule has 0 spiro atoms. The van der Waals surface area contributed by atoms with Gasteiger partial charge in [0.2, 0.25) is 0 Å². The highest BCUT2D eigenvalue weighted by molar-refractivity contribution is 5.28. The third-order valence-corrected chi connectivity index (χ3v) is 5.01. The van der Waals surface area contributed by atoms with Crippen LogP contribution in [-0.2, 0) is 6.42 Å². The van der Waals surface area contributed by atoms with Gasteiger partial charge in [-0.25, -0.2) is 0 Å². The van der Waals surface area contributed by atoms with Crippen molar-refractivity contribution in [2.45, 2.75) is 110 Å². The van der Waals surface area contributed by atoms with Gasteiger partial charge in [0.15, 0.2) is 0 Å². The molecule has 150 valence electrons. The van der Waals surface area contributed by atoms with E-state index in [0.29, 0.717) is 0 Å². The highest BCUT2D eigenvalue weighted by Gasteiger charge is 1.98. The van der Waals surface area contributed by atoms with Gasteiger partial charge < -0.3 is 4.84 Å². The Labute approximate surface area is 163 Å². The van der Waals surface area contributed by atoms with Gasteiger partial charge in [0, 0.05) is 6.54 Å². The van der Waals surface area contributed by atoms with Crippen molar-refractivity contribution in [3.8, 4) is 5.75 Å². The number of hydroxylamine groups is 1. The summed E-state index contributed by atoms with van der Waals surface area (Å²) < 4.78 is 0. The van der Waals surface area contributed by atoms with E-state index >= 15 is 0 Å². The molecule has 0 aliphatic carbocycles. The number of benzene rings is 1. The third kappa shape index (κ3) is 13.2. The Hall–Kier alpha value is -1.02. The first-order chi connectivity index (χ1) is 12.9. The lowest BCUT2D eigenvalue weighted by Crippen LogP contribution is -2.18. The SMILES string of the molecule is CCCCCCCCCCCCCCCc1cccc(ONCCC)c1. The molecule has 1 aromatic carbocycles. The van der Waals surface area contributed by atoms with Crippen LogP contribution in [0.15, 0.2) is 24.3 Å². The molecular weight excluding hydrogens is 318 g/mol. The molecule has 0 heterocycles. The molecular formula is C24H43NO. The van der Waals surface area contributed by atoms with Crippen LogP contribution in [0, 0.1) is 0 Å². The van der Waals surface area contributed by atoms with Crippen LogP contribution in [0.25, 0.3) is 0 Å².